The zero-order chi connectivity index (χ0) is 22.0. The number of benzene rings is 1. The molecule has 1 aromatic carbocycles. The molecule has 0 N–H and O–H groups in total. The molecular weight excluding hydrogens is 417 g/mol. The van der Waals surface area contributed by atoms with Gasteiger partial charge in [0.1, 0.15) is 5.82 Å². The van der Waals surface area contributed by atoms with Crippen molar-refractivity contribution in [2.45, 2.75) is 45.6 Å². The van der Waals surface area contributed by atoms with E-state index in [2.05, 4.69) is 22.1 Å². The van der Waals surface area contributed by atoms with E-state index in [-0.39, 0.29) is 17.0 Å². The number of hydrogen-bond donors (Lipinski definition) is 0. The van der Waals surface area contributed by atoms with Crippen molar-refractivity contribution in [3.8, 4) is 5.69 Å². The molecule has 0 saturated carbocycles. The van der Waals surface area contributed by atoms with Crippen molar-refractivity contribution in [1.29, 1.82) is 0 Å². The van der Waals surface area contributed by atoms with Crippen molar-refractivity contribution in [3.63, 3.8) is 0 Å². The number of piperidine rings is 1. The average Bonchev–Trinajstić information content (AvgIpc) is 3.28. The number of aryl methyl sites for hydroxylation is 2. The number of halogens is 2. The largest absolute Gasteiger partial charge is 0.335 e. The molecule has 4 rings (SSSR count). The molecule has 1 fully saturated rings. The van der Waals surface area contributed by atoms with Crippen molar-refractivity contribution in [2.24, 2.45) is 5.92 Å². The van der Waals surface area contributed by atoms with Crippen LogP contribution in [0.1, 0.15) is 47.8 Å². The molecule has 6 nitrogen and oxygen atoms in total. The quantitative estimate of drug-likeness (QED) is 0.578. The van der Waals surface area contributed by atoms with Crippen LogP contribution in [-0.2, 0) is 6.42 Å². The van der Waals surface area contributed by atoms with Crippen LogP contribution in [0.15, 0.2) is 42.9 Å². The van der Waals surface area contributed by atoms with Crippen LogP contribution in [0.25, 0.3) is 5.69 Å². The Morgan fingerprint density at radius 2 is 2.03 bits per heavy atom. The van der Waals surface area contributed by atoms with Gasteiger partial charge in [-0.05, 0) is 56.7 Å². The van der Waals surface area contributed by atoms with Gasteiger partial charge in [-0.2, -0.15) is 15.0 Å². The number of nitrogens with zero attached hydrogens (tertiary/aromatic N) is 5. The molecule has 1 aliphatic heterocycles. The minimum Gasteiger partial charge on any atom is -0.335 e. The van der Waals surface area contributed by atoms with E-state index in [9.17, 15) is 9.18 Å². The maximum Gasteiger partial charge on any atom is 0.256 e. The zero-order valence-corrected chi connectivity index (χ0v) is 18.4. The van der Waals surface area contributed by atoms with Crippen LogP contribution in [0.3, 0.4) is 0 Å². The van der Waals surface area contributed by atoms with Gasteiger partial charge in [0, 0.05) is 18.8 Å². The van der Waals surface area contributed by atoms with Crippen LogP contribution >= 0.6 is 11.6 Å². The third-order valence-corrected chi connectivity index (χ3v) is 6.16. The first-order chi connectivity index (χ1) is 14.9. The minimum atomic E-state index is -0.403. The molecule has 0 bridgehead atoms. The molecule has 2 aromatic heterocycles. The van der Waals surface area contributed by atoms with E-state index in [1.54, 1.807) is 12.4 Å². The lowest BCUT2D eigenvalue weighted by molar-refractivity contribution is 0.0498. The lowest BCUT2D eigenvalue weighted by Crippen LogP contribution is -2.48. The summed E-state index contributed by atoms with van der Waals surface area (Å²) in [6.07, 6.45) is 7.71. The average molecular weight is 442 g/mol. The molecule has 2 atom stereocenters. The topological polar surface area (TPSA) is 63.9 Å². The zero-order valence-electron chi connectivity index (χ0n) is 17.6. The number of pyridine rings is 1. The Bertz CT molecular complexity index is 1070. The molecule has 8 heteroatoms. The Hall–Kier alpha value is -2.80. The first-order valence-corrected chi connectivity index (χ1v) is 10.9. The summed E-state index contributed by atoms with van der Waals surface area (Å²) in [7, 11) is 0. The van der Waals surface area contributed by atoms with Gasteiger partial charge in [0.2, 0.25) is 0 Å². The molecule has 0 radical (unpaired) electrons. The Labute approximate surface area is 186 Å². The van der Waals surface area contributed by atoms with Gasteiger partial charge in [-0.25, -0.2) is 4.39 Å². The number of hydrogen-bond acceptors (Lipinski definition) is 4. The number of rotatable bonds is 5. The normalized spacial score (nSPS) is 18.9. The highest BCUT2D eigenvalue weighted by molar-refractivity contribution is 6.30. The summed E-state index contributed by atoms with van der Waals surface area (Å²) in [4.78, 5) is 21.2. The van der Waals surface area contributed by atoms with E-state index in [0.717, 1.165) is 18.4 Å². The summed E-state index contributed by atoms with van der Waals surface area (Å²) in [5, 5.41) is 8.69. The van der Waals surface area contributed by atoms with E-state index < -0.39 is 5.82 Å². The molecule has 0 aliphatic carbocycles. The van der Waals surface area contributed by atoms with Crippen LogP contribution in [0.4, 0.5) is 4.39 Å². The molecule has 0 spiro atoms. The summed E-state index contributed by atoms with van der Waals surface area (Å²) in [6, 6.07) is 6.99. The highest BCUT2D eigenvalue weighted by atomic mass is 35.5. The predicted molar refractivity (Wildman–Crippen MR) is 117 cm³/mol. The summed E-state index contributed by atoms with van der Waals surface area (Å²) in [5.41, 5.74) is 2.61. The molecule has 3 heterocycles. The fourth-order valence-electron chi connectivity index (χ4n) is 4.34. The lowest BCUT2D eigenvalue weighted by atomic mass is 9.86. The van der Waals surface area contributed by atoms with E-state index >= 15 is 0 Å². The third kappa shape index (κ3) is 4.61. The third-order valence-electron chi connectivity index (χ3n) is 5.95. The van der Waals surface area contributed by atoms with Crippen molar-refractivity contribution in [2.75, 3.05) is 6.54 Å². The number of amides is 1. The van der Waals surface area contributed by atoms with Crippen LogP contribution < -0.4 is 0 Å². The second kappa shape index (κ2) is 9.14. The van der Waals surface area contributed by atoms with Gasteiger partial charge in [0.25, 0.3) is 5.91 Å². The highest BCUT2D eigenvalue weighted by Crippen LogP contribution is 2.30. The van der Waals surface area contributed by atoms with Gasteiger partial charge >= 0.3 is 0 Å². The molecule has 1 aliphatic rings. The molecule has 1 saturated heterocycles. The maximum absolute atomic E-state index is 14.2. The lowest BCUT2D eigenvalue weighted by Gasteiger charge is -2.40. The van der Waals surface area contributed by atoms with Crippen molar-refractivity contribution in [3.05, 3.63) is 70.5 Å². The molecular formula is C23H25ClFN5O. The van der Waals surface area contributed by atoms with Gasteiger partial charge in [-0.1, -0.05) is 30.2 Å². The monoisotopic (exact) mass is 441 g/mol. The Morgan fingerprint density at radius 3 is 2.77 bits per heavy atom. The van der Waals surface area contributed by atoms with Gasteiger partial charge in [0.05, 0.1) is 34.4 Å². The van der Waals surface area contributed by atoms with Crippen molar-refractivity contribution in [1.82, 2.24) is 24.9 Å². The van der Waals surface area contributed by atoms with E-state index in [1.807, 2.05) is 30.0 Å². The highest BCUT2D eigenvalue weighted by Gasteiger charge is 2.33. The fraction of sp³-hybridized carbons (Fsp3) is 0.391. The second-order valence-corrected chi connectivity index (χ2v) is 8.58. The van der Waals surface area contributed by atoms with Gasteiger partial charge in [0.15, 0.2) is 0 Å². The fourth-order valence-corrected chi connectivity index (χ4v) is 4.49. The Morgan fingerprint density at radius 1 is 1.26 bits per heavy atom. The Kier molecular flexibility index (Phi) is 6.32. The predicted octanol–water partition coefficient (Wildman–Crippen LogP) is 4.64. The van der Waals surface area contributed by atoms with Crippen LogP contribution in [-0.4, -0.2) is 43.4 Å². The minimum absolute atomic E-state index is 0.00271. The van der Waals surface area contributed by atoms with E-state index in [1.165, 1.54) is 17.1 Å². The van der Waals surface area contributed by atoms with Gasteiger partial charge in [-0.15, -0.1) is 0 Å². The molecule has 162 valence electrons. The first kappa shape index (κ1) is 21.4. The molecule has 1 amide bonds. The summed E-state index contributed by atoms with van der Waals surface area (Å²) < 4.78 is 14.2. The van der Waals surface area contributed by atoms with Crippen LogP contribution in [0.2, 0.25) is 5.02 Å². The molecule has 3 aromatic rings. The number of aromatic nitrogens is 4. The number of likely N-dealkylation sites (tertiary alicyclic amines) is 1. The van der Waals surface area contributed by atoms with E-state index in [4.69, 9.17) is 11.6 Å². The number of carbonyl (C=O) groups excluding carboxylic acids is 1. The van der Waals surface area contributed by atoms with Crippen LogP contribution in [0, 0.1) is 18.7 Å². The van der Waals surface area contributed by atoms with Gasteiger partial charge in [-0.3, -0.25) is 9.78 Å². The maximum atomic E-state index is 14.2. The molecule has 31 heavy (non-hydrogen) atoms. The number of carbonyl (C=O) groups is 1. The van der Waals surface area contributed by atoms with E-state index in [0.29, 0.717) is 42.2 Å². The summed E-state index contributed by atoms with van der Waals surface area (Å²) in [6.45, 7) is 4.79. The Balaban J connectivity index is 1.61. The second-order valence-electron chi connectivity index (χ2n) is 8.15. The molecule has 0 unspecified atom stereocenters. The SMILES string of the molecule is Cc1ccc(-n2nccn2)c(C(=O)N2CCC[C@@H](C)[C@H]2CCc2ncc(Cl)cc2F)c1. The van der Waals surface area contributed by atoms with Crippen LogP contribution in [0.5, 0.6) is 0 Å². The summed E-state index contributed by atoms with van der Waals surface area (Å²) in [5.74, 6) is -0.138. The summed E-state index contributed by atoms with van der Waals surface area (Å²) >= 11 is 5.82. The van der Waals surface area contributed by atoms with Crippen molar-refractivity contribution < 1.29 is 9.18 Å². The van der Waals surface area contributed by atoms with Crippen molar-refractivity contribution >= 4 is 17.5 Å². The standard InChI is InChI=1S/C23H25ClFN5O/c1-15-5-7-22(30-27-9-10-28-30)18(12-15)23(31)29-11-3-4-16(2)21(29)8-6-20-19(25)13-17(24)14-26-20/h5,7,9-10,12-14,16,21H,3-4,6,8,11H2,1-2H3/t16-,21-/m1/s1. The first-order valence-electron chi connectivity index (χ1n) is 10.5. The van der Waals surface area contributed by atoms with Gasteiger partial charge < -0.3 is 4.90 Å². The smallest absolute Gasteiger partial charge is 0.256 e.